The maximum atomic E-state index is 13.2. The number of Topliss-reactive ketones (excluding diaryl/α,β-unsaturated/α-hetero) is 1. The molecule has 1 saturated heterocycles. The van der Waals surface area contributed by atoms with Gasteiger partial charge in [-0.1, -0.05) is 51.1 Å². The number of benzene rings is 2. The summed E-state index contributed by atoms with van der Waals surface area (Å²) in [5.41, 5.74) is 2.39. The van der Waals surface area contributed by atoms with E-state index in [-0.39, 0.29) is 16.7 Å². The largest absolute Gasteiger partial charge is 0.507 e. The lowest BCUT2D eigenvalue weighted by atomic mass is 9.87. The molecule has 4 rings (SSSR count). The fourth-order valence-electron chi connectivity index (χ4n) is 4.02. The fourth-order valence-corrected chi connectivity index (χ4v) is 4.02. The second kappa shape index (κ2) is 8.54. The number of aliphatic hydroxyl groups is 1. The molecule has 1 aliphatic heterocycles. The zero-order valence-corrected chi connectivity index (χ0v) is 19.1. The molecule has 168 valence electrons. The van der Waals surface area contributed by atoms with E-state index in [9.17, 15) is 14.7 Å². The van der Waals surface area contributed by atoms with Crippen LogP contribution in [0.5, 0.6) is 5.75 Å². The fraction of sp³-hybridized carbons (Fsp3) is 0.222. The van der Waals surface area contributed by atoms with Crippen molar-refractivity contribution in [3.8, 4) is 5.75 Å². The third-order valence-corrected chi connectivity index (χ3v) is 5.79. The molecule has 1 aromatic heterocycles. The molecule has 1 aliphatic rings. The topological polar surface area (TPSA) is 79.7 Å². The molecule has 1 amide bonds. The number of methoxy groups -OCH3 is 1. The predicted octanol–water partition coefficient (Wildman–Crippen LogP) is 5.01. The number of amides is 1. The standard InChI is InChI=1S/C27H26N2O4/c1-27(2,3)17-12-14-18(15-13-17)29-23(20-10-7-8-16-28-20)22(25(31)26(29)32)24(30)19-9-5-6-11-21(19)33-4/h5-16,23,30H,1-4H3/b24-22+. The van der Waals surface area contributed by atoms with Gasteiger partial charge in [0, 0.05) is 11.9 Å². The number of aromatic nitrogens is 1. The van der Waals surface area contributed by atoms with Gasteiger partial charge in [0.15, 0.2) is 0 Å². The lowest BCUT2D eigenvalue weighted by molar-refractivity contribution is -0.132. The lowest BCUT2D eigenvalue weighted by Gasteiger charge is -2.26. The highest BCUT2D eigenvalue weighted by atomic mass is 16.5. The van der Waals surface area contributed by atoms with Gasteiger partial charge in [0.25, 0.3) is 11.7 Å². The molecule has 1 N–H and O–H groups in total. The number of aliphatic hydroxyl groups excluding tert-OH is 1. The number of carbonyl (C=O) groups is 2. The molecule has 0 bridgehead atoms. The van der Waals surface area contributed by atoms with Crippen LogP contribution in [0.15, 0.2) is 78.5 Å². The Bertz CT molecular complexity index is 1220. The van der Waals surface area contributed by atoms with Crippen molar-refractivity contribution in [2.24, 2.45) is 0 Å². The third-order valence-electron chi connectivity index (χ3n) is 5.79. The minimum absolute atomic E-state index is 0.0249. The average molecular weight is 443 g/mol. The molecule has 1 fully saturated rings. The van der Waals surface area contributed by atoms with E-state index in [0.717, 1.165) is 5.56 Å². The molecule has 3 aromatic rings. The summed E-state index contributed by atoms with van der Waals surface area (Å²) in [5, 5.41) is 11.2. The molecule has 1 atom stereocenters. The number of ether oxygens (including phenoxy) is 1. The summed E-state index contributed by atoms with van der Waals surface area (Å²) >= 11 is 0. The molecule has 2 heterocycles. The van der Waals surface area contributed by atoms with Crippen LogP contribution < -0.4 is 9.64 Å². The van der Waals surface area contributed by atoms with E-state index in [0.29, 0.717) is 22.7 Å². The van der Waals surface area contributed by atoms with Crippen molar-refractivity contribution in [3.63, 3.8) is 0 Å². The van der Waals surface area contributed by atoms with Gasteiger partial charge in [-0.3, -0.25) is 19.5 Å². The normalized spacial score (nSPS) is 17.9. The number of ketones is 1. The SMILES string of the molecule is COc1ccccc1/C(O)=C1\C(=O)C(=O)N(c2ccc(C(C)(C)C)cc2)C1c1ccccn1. The van der Waals surface area contributed by atoms with Crippen LogP contribution in [-0.4, -0.2) is 28.9 Å². The van der Waals surface area contributed by atoms with Gasteiger partial charge in [0.1, 0.15) is 17.6 Å². The van der Waals surface area contributed by atoms with Crippen molar-refractivity contribution in [2.75, 3.05) is 12.0 Å². The monoisotopic (exact) mass is 442 g/mol. The first kappa shape index (κ1) is 22.3. The maximum absolute atomic E-state index is 13.2. The van der Waals surface area contributed by atoms with Crippen molar-refractivity contribution >= 4 is 23.1 Å². The highest BCUT2D eigenvalue weighted by Crippen LogP contribution is 2.42. The molecular weight excluding hydrogens is 416 g/mol. The Balaban J connectivity index is 1.91. The van der Waals surface area contributed by atoms with Crippen molar-refractivity contribution in [1.29, 1.82) is 0 Å². The summed E-state index contributed by atoms with van der Waals surface area (Å²) in [6, 6.07) is 18.8. The van der Waals surface area contributed by atoms with E-state index < -0.39 is 17.7 Å². The van der Waals surface area contributed by atoms with E-state index in [4.69, 9.17) is 4.74 Å². The van der Waals surface area contributed by atoms with Gasteiger partial charge < -0.3 is 9.84 Å². The Kier molecular flexibility index (Phi) is 5.77. The molecule has 33 heavy (non-hydrogen) atoms. The van der Waals surface area contributed by atoms with Crippen LogP contribution in [0.2, 0.25) is 0 Å². The van der Waals surface area contributed by atoms with Crippen LogP contribution in [0.3, 0.4) is 0 Å². The molecular formula is C27H26N2O4. The Hall–Kier alpha value is -3.93. The first-order valence-electron chi connectivity index (χ1n) is 10.7. The third kappa shape index (κ3) is 4.00. The number of hydrogen-bond donors (Lipinski definition) is 1. The van der Waals surface area contributed by atoms with Crippen molar-refractivity contribution in [2.45, 2.75) is 32.2 Å². The zero-order chi connectivity index (χ0) is 23.8. The number of pyridine rings is 1. The molecule has 2 aromatic carbocycles. The van der Waals surface area contributed by atoms with E-state index in [2.05, 4.69) is 25.8 Å². The van der Waals surface area contributed by atoms with Gasteiger partial charge >= 0.3 is 0 Å². The van der Waals surface area contributed by atoms with Crippen LogP contribution in [0.25, 0.3) is 5.76 Å². The number of para-hydroxylation sites is 1. The second-order valence-corrected chi connectivity index (χ2v) is 8.92. The number of hydrogen-bond acceptors (Lipinski definition) is 5. The molecule has 1 unspecified atom stereocenters. The number of anilines is 1. The Labute approximate surface area is 193 Å². The molecule has 0 aliphatic carbocycles. The van der Waals surface area contributed by atoms with Gasteiger partial charge in [-0.05, 0) is 47.4 Å². The van der Waals surface area contributed by atoms with Gasteiger partial charge in [-0.25, -0.2) is 0 Å². The predicted molar refractivity (Wildman–Crippen MR) is 127 cm³/mol. The summed E-state index contributed by atoms with van der Waals surface area (Å²) < 4.78 is 5.37. The molecule has 6 nitrogen and oxygen atoms in total. The highest BCUT2D eigenvalue weighted by molar-refractivity contribution is 6.51. The molecule has 0 spiro atoms. The Morgan fingerprint density at radius 1 is 0.970 bits per heavy atom. The average Bonchev–Trinajstić information content (AvgIpc) is 3.09. The summed E-state index contributed by atoms with van der Waals surface area (Å²) in [4.78, 5) is 32.3. The van der Waals surface area contributed by atoms with Crippen LogP contribution in [-0.2, 0) is 15.0 Å². The number of rotatable bonds is 4. The molecule has 0 saturated carbocycles. The first-order chi connectivity index (χ1) is 15.7. The second-order valence-electron chi connectivity index (χ2n) is 8.92. The van der Waals surface area contributed by atoms with Crippen LogP contribution in [0.1, 0.15) is 43.6 Å². The summed E-state index contributed by atoms with van der Waals surface area (Å²) in [6.45, 7) is 6.32. The van der Waals surface area contributed by atoms with Gasteiger partial charge in [0.2, 0.25) is 0 Å². The zero-order valence-electron chi connectivity index (χ0n) is 19.1. The quantitative estimate of drug-likeness (QED) is 0.349. The van der Waals surface area contributed by atoms with Crippen LogP contribution in [0.4, 0.5) is 5.69 Å². The Morgan fingerprint density at radius 2 is 1.64 bits per heavy atom. The highest BCUT2D eigenvalue weighted by Gasteiger charge is 2.47. The lowest BCUT2D eigenvalue weighted by Crippen LogP contribution is -2.30. The van der Waals surface area contributed by atoms with Crippen molar-refractivity contribution < 1.29 is 19.4 Å². The smallest absolute Gasteiger partial charge is 0.300 e. The molecule has 6 heteroatoms. The minimum atomic E-state index is -0.878. The summed E-state index contributed by atoms with van der Waals surface area (Å²) in [6.07, 6.45) is 1.60. The van der Waals surface area contributed by atoms with Gasteiger partial charge in [-0.15, -0.1) is 0 Å². The molecule has 0 radical (unpaired) electrons. The Morgan fingerprint density at radius 3 is 2.24 bits per heavy atom. The first-order valence-corrected chi connectivity index (χ1v) is 10.7. The van der Waals surface area contributed by atoms with E-state index in [1.165, 1.54) is 12.0 Å². The maximum Gasteiger partial charge on any atom is 0.300 e. The van der Waals surface area contributed by atoms with Crippen LogP contribution in [0, 0.1) is 0 Å². The van der Waals surface area contributed by atoms with Crippen molar-refractivity contribution in [1.82, 2.24) is 4.98 Å². The van der Waals surface area contributed by atoms with Crippen LogP contribution >= 0.6 is 0 Å². The summed E-state index contributed by atoms with van der Waals surface area (Å²) in [7, 11) is 1.48. The van der Waals surface area contributed by atoms with Gasteiger partial charge in [0.05, 0.1) is 23.9 Å². The van der Waals surface area contributed by atoms with E-state index in [1.54, 1.807) is 48.7 Å². The van der Waals surface area contributed by atoms with Gasteiger partial charge in [-0.2, -0.15) is 0 Å². The van der Waals surface area contributed by atoms with Crippen molar-refractivity contribution in [3.05, 3.63) is 95.3 Å². The number of nitrogens with zero attached hydrogens (tertiary/aromatic N) is 2. The number of carbonyl (C=O) groups excluding carboxylic acids is 2. The summed E-state index contributed by atoms with van der Waals surface area (Å²) in [5.74, 6) is -1.38. The minimum Gasteiger partial charge on any atom is -0.507 e. The van der Waals surface area contributed by atoms with E-state index in [1.807, 2.05) is 24.3 Å². The van der Waals surface area contributed by atoms with E-state index >= 15 is 0 Å².